The standard InChI is InChI=1S/C21H22F2N2O4/c1-28-18-13-16(7-9-17(18)29-21(22)23)11-12-24-20(27)14-25-19(26)10-8-15-5-3-2-4-6-15/h2-10,13,21H,11-12,14H2,1H3,(H,24,27)(H,25,26)/b10-8+. The Morgan fingerprint density at radius 1 is 1.07 bits per heavy atom. The predicted molar refractivity (Wildman–Crippen MR) is 105 cm³/mol. The van der Waals surface area contributed by atoms with Crippen LogP contribution in [-0.2, 0) is 16.0 Å². The summed E-state index contributed by atoms with van der Waals surface area (Å²) in [5.74, 6) is -0.576. The van der Waals surface area contributed by atoms with Crippen LogP contribution in [0.1, 0.15) is 11.1 Å². The second kappa shape index (κ2) is 11.4. The third-order valence-corrected chi connectivity index (χ3v) is 3.83. The molecule has 154 valence electrons. The highest BCUT2D eigenvalue weighted by Gasteiger charge is 2.11. The van der Waals surface area contributed by atoms with Crippen LogP contribution in [0, 0.1) is 0 Å². The topological polar surface area (TPSA) is 76.7 Å². The van der Waals surface area contributed by atoms with E-state index in [0.29, 0.717) is 13.0 Å². The van der Waals surface area contributed by atoms with E-state index < -0.39 is 6.61 Å². The van der Waals surface area contributed by atoms with Gasteiger partial charge in [-0.25, -0.2) is 0 Å². The van der Waals surface area contributed by atoms with Gasteiger partial charge in [-0.1, -0.05) is 36.4 Å². The van der Waals surface area contributed by atoms with Crippen LogP contribution >= 0.6 is 0 Å². The third kappa shape index (κ3) is 8.00. The quantitative estimate of drug-likeness (QED) is 0.597. The number of carbonyl (C=O) groups excluding carboxylic acids is 2. The molecule has 0 radical (unpaired) electrons. The van der Waals surface area contributed by atoms with Gasteiger partial charge in [0.2, 0.25) is 11.8 Å². The number of hydrogen-bond acceptors (Lipinski definition) is 4. The minimum absolute atomic E-state index is 0.0541. The van der Waals surface area contributed by atoms with E-state index in [-0.39, 0.29) is 29.9 Å². The molecule has 6 nitrogen and oxygen atoms in total. The lowest BCUT2D eigenvalue weighted by molar-refractivity contribution is -0.123. The maximum absolute atomic E-state index is 12.3. The molecule has 2 amide bonds. The highest BCUT2D eigenvalue weighted by Crippen LogP contribution is 2.29. The molecule has 0 aliphatic heterocycles. The molecule has 0 heterocycles. The van der Waals surface area contributed by atoms with Crippen molar-refractivity contribution in [2.45, 2.75) is 13.0 Å². The van der Waals surface area contributed by atoms with Crippen molar-refractivity contribution in [3.8, 4) is 11.5 Å². The molecule has 2 rings (SSSR count). The Labute approximate surface area is 167 Å². The first kappa shape index (κ1) is 21.9. The first-order chi connectivity index (χ1) is 14.0. The zero-order valence-electron chi connectivity index (χ0n) is 15.9. The molecule has 0 aliphatic rings. The molecule has 8 heteroatoms. The van der Waals surface area contributed by atoms with Gasteiger partial charge >= 0.3 is 6.61 Å². The molecule has 0 saturated carbocycles. The summed E-state index contributed by atoms with van der Waals surface area (Å²) in [6, 6.07) is 13.9. The van der Waals surface area contributed by atoms with Crippen LogP contribution in [-0.4, -0.2) is 38.6 Å². The van der Waals surface area contributed by atoms with Crippen LogP contribution in [0.3, 0.4) is 0 Å². The van der Waals surface area contributed by atoms with Crippen LogP contribution in [0.2, 0.25) is 0 Å². The van der Waals surface area contributed by atoms with Crippen LogP contribution in [0.4, 0.5) is 8.78 Å². The molecule has 29 heavy (non-hydrogen) atoms. The lowest BCUT2D eigenvalue weighted by atomic mass is 10.1. The first-order valence-electron chi connectivity index (χ1n) is 8.87. The zero-order chi connectivity index (χ0) is 21.1. The number of alkyl halides is 2. The monoisotopic (exact) mass is 404 g/mol. The molecule has 0 aliphatic carbocycles. The molecule has 0 spiro atoms. The summed E-state index contributed by atoms with van der Waals surface area (Å²) in [7, 11) is 1.36. The van der Waals surface area contributed by atoms with Crippen molar-refractivity contribution in [3.05, 3.63) is 65.7 Å². The van der Waals surface area contributed by atoms with Crippen LogP contribution in [0.15, 0.2) is 54.6 Å². The number of ether oxygens (including phenoxy) is 2. The Balaban J connectivity index is 1.72. The van der Waals surface area contributed by atoms with E-state index in [9.17, 15) is 18.4 Å². The molecular formula is C21H22F2N2O4. The van der Waals surface area contributed by atoms with Crippen molar-refractivity contribution < 1.29 is 27.8 Å². The summed E-state index contributed by atoms with van der Waals surface area (Å²) in [5, 5.41) is 5.17. The van der Waals surface area contributed by atoms with E-state index in [1.807, 2.05) is 30.3 Å². The molecule has 0 saturated heterocycles. The average molecular weight is 404 g/mol. The number of methoxy groups -OCH3 is 1. The molecule has 2 aromatic carbocycles. The fourth-order valence-corrected chi connectivity index (χ4v) is 2.43. The Morgan fingerprint density at radius 3 is 2.52 bits per heavy atom. The minimum Gasteiger partial charge on any atom is -0.493 e. The van der Waals surface area contributed by atoms with Gasteiger partial charge in [-0.3, -0.25) is 9.59 Å². The fraction of sp³-hybridized carbons (Fsp3) is 0.238. The van der Waals surface area contributed by atoms with E-state index in [0.717, 1.165) is 11.1 Å². The molecule has 0 bridgehead atoms. The summed E-state index contributed by atoms with van der Waals surface area (Å²) in [6.07, 6.45) is 3.47. The average Bonchev–Trinajstić information content (AvgIpc) is 2.72. The van der Waals surface area contributed by atoms with Gasteiger partial charge in [-0.15, -0.1) is 0 Å². The second-order valence-electron chi connectivity index (χ2n) is 5.93. The third-order valence-electron chi connectivity index (χ3n) is 3.83. The van der Waals surface area contributed by atoms with Gasteiger partial charge in [0, 0.05) is 12.6 Å². The molecule has 0 unspecified atom stereocenters. The van der Waals surface area contributed by atoms with E-state index in [4.69, 9.17) is 4.74 Å². The number of amides is 2. The lowest BCUT2D eigenvalue weighted by Gasteiger charge is -2.11. The number of rotatable bonds is 10. The van der Waals surface area contributed by atoms with Gasteiger partial charge in [-0.05, 0) is 35.8 Å². The van der Waals surface area contributed by atoms with E-state index >= 15 is 0 Å². The molecule has 2 aromatic rings. The van der Waals surface area contributed by atoms with E-state index in [1.165, 1.54) is 19.3 Å². The van der Waals surface area contributed by atoms with Crippen LogP contribution in [0.25, 0.3) is 6.08 Å². The smallest absolute Gasteiger partial charge is 0.387 e. The van der Waals surface area contributed by atoms with Gasteiger partial charge in [0.15, 0.2) is 11.5 Å². The van der Waals surface area contributed by atoms with Crippen LogP contribution < -0.4 is 20.1 Å². The molecule has 0 aromatic heterocycles. The van der Waals surface area contributed by atoms with Crippen molar-refractivity contribution in [3.63, 3.8) is 0 Å². The van der Waals surface area contributed by atoms with Crippen molar-refractivity contribution >= 4 is 17.9 Å². The summed E-state index contributed by atoms with van der Waals surface area (Å²) in [5.41, 5.74) is 1.66. The van der Waals surface area contributed by atoms with Gasteiger partial charge in [0.1, 0.15) is 0 Å². The summed E-state index contributed by atoms with van der Waals surface area (Å²) < 4.78 is 34.1. The minimum atomic E-state index is -2.94. The van der Waals surface area contributed by atoms with E-state index in [2.05, 4.69) is 15.4 Å². The summed E-state index contributed by atoms with van der Waals surface area (Å²) in [6.45, 7) is -2.78. The highest BCUT2D eigenvalue weighted by molar-refractivity contribution is 5.94. The van der Waals surface area contributed by atoms with Gasteiger partial charge < -0.3 is 20.1 Å². The number of hydrogen-bond donors (Lipinski definition) is 2. The first-order valence-corrected chi connectivity index (χ1v) is 8.87. The largest absolute Gasteiger partial charge is 0.493 e. The van der Waals surface area contributed by atoms with Crippen molar-refractivity contribution in [2.24, 2.45) is 0 Å². The Hall–Kier alpha value is -3.42. The highest BCUT2D eigenvalue weighted by atomic mass is 19.3. The molecular weight excluding hydrogens is 382 g/mol. The maximum atomic E-state index is 12.3. The van der Waals surface area contributed by atoms with Crippen molar-refractivity contribution in [1.29, 1.82) is 0 Å². The number of benzene rings is 2. The predicted octanol–water partition coefficient (Wildman–Crippen LogP) is 2.78. The Kier molecular flexibility index (Phi) is 8.62. The van der Waals surface area contributed by atoms with Crippen molar-refractivity contribution in [2.75, 3.05) is 20.2 Å². The van der Waals surface area contributed by atoms with Gasteiger partial charge in [0.25, 0.3) is 0 Å². The molecule has 2 N–H and O–H groups in total. The molecule has 0 fully saturated rings. The maximum Gasteiger partial charge on any atom is 0.387 e. The number of halogens is 2. The van der Waals surface area contributed by atoms with E-state index in [1.54, 1.807) is 18.2 Å². The summed E-state index contributed by atoms with van der Waals surface area (Å²) in [4.78, 5) is 23.6. The van der Waals surface area contributed by atoms with Crippen LogP contribution in [0.5, 0.6) is 11.5 Å². The lowest BCUT2D eigenvalue weighted by Crippen LogP contribution is -2.37. The number of carbonyl (C=O) groups is 2. The Bertz CT molecular complexity index is 842. The zero-order valence-corrected chi connectivity index (χ0v) is 15.9. The normalized spacial score (nSPS) is 10.8. The van der Waals surface area contributed by atoms with Gasteiger partial charge in [0.05, 0.1) is 13.7 Å². The second-order valence-corrected chi connectivity index (χ2v) is 5.93. The Morgan fingerprint density at radius 2 is 1.83 bits per heavy atom. The number of nitrogens with one attached hydrogen (secondary N) is 2. The fourth-order valence-electron chi connectivity index (χ4n) is 2.43. The van der Waals surface area contributed by atoms with Crippen molar-refractivity contribution in [1.82, 2.24) is 10.6 Å². The summed E-state index contributed by atoms with van der Waals surface area (Å²) >= 11 is 0. The SMILES string of the molecule is COc1cc(CCNC(=O)CNC(=O)/C=C/c2ccccc2)ccc1OC(F)F. The van der Waals surface area contributed by atoms with Gasteiger partial charge in [-0.2, -0.15) is 8.78 Å². The molecule has 0 atom stereocenters.